The number of ketones is 1. The molecule has 0 aliphatic carbocycles. The van der Waals surface area contributed by atoms with Crippen molar-refractivity contribution in [2.45, 2.75) is 26.8 Å². The molecule has 1 aliphatic rings. The van der Waals surface area contributed by atoms with E-state index < -0.39 is 17.7 Å². The summed E-state index contributed by atoms with van der Waals surface area (Å²) in [5, 5.41) is 11.6. The molecular formula is C29H28ClNO6. The number of anilines is 1. The molecule has 0 spiro atoms. The molecule has 3 aromatic carbocycles. The van der Waals surface area contributed by atoms with Gasteiger partial charge < -0.3 is 19.3 Å². The highest BCUT2D eigenvalue weighted by Gasteiger charge is 2.47. The Balaban J connectivity index is 1.96. The fraction of sp³-hybridized carbons (Fsp3) is 0.241. The van der Waals surface area contributed by atoms with Crippen LogP contribution in [0.25, 0.3) is 5.76 Å². The number of nitrogens with zero attached hydrogens (tertiary/aromatic N) is 1. The second kappa shape index (κ2) is 11.0. The molecule has 1 saturated heterocycles. The number of hydrogen-bond acceptors (Lipinski definition) is 6. The Morgan fingerprint density at radius 1 is 0.973 bits per heavy atom. The lowest BCUT2D eigenvalue weighted by atomic mass is 9.94. The lowest BCUT2D eigenvalue weighted by molar-refractivity contribution is -0.132. The van der Waals surface area contributed by atoms with Gasteiger partial charge in [0.25, 0.3) is 11.7 Å². The lowest BCUT2D eigenvalue weighted by Gasteiger charge is -2.26. The first-order chi connectivity index (χ1) is 17.8. The maximum Gasteiger partial charge on any atom is 0.300 e. The zero-order valence-electron chi connectivity index (χ0n) is 21.1. The molecule has 4 rings (SSSR count). The van der Waals surface area contributed by atoms with Gasteiger partial charge in [0.2, 0.25) is 0 Å². The third-order valence-electron chi connectivity index (χ3n) is 6.04. The van der Waals surface area contributed by atoms with Gasteiger partial charge in [-0.2, -0.15) is 0 Å². The highest BCUT2D eigenvalue weighted by atomic mass is 35.5. The van der Waals surface area contributed by atoms with E-state index in [1.807, 2.05) is 45.0 Å². The van der Waals surface area contributed by atoms with Crippen molar-refractivity contribution in [2.75, 3.05) is 25.2 Å². The molecule has 0 saturated carbocycles. The molecule has 1 unspecified atom stereocenters. The van der Waals surface area contributed by atoms with Crippen molar-refractivity contribution in [3.63, 3.8) is 0 Å². The Morgan fingerprint density at radius 2 is 1.70 bits per heavy atom. The summed E-state index contributed by atoms with van der Waals surface area (Å²) in [5.41, 5.74) is 2.14. The van der Waals surface area contributed by atoms with Crippen molar-refractivity contribution in [1.29, 1.82) is 0 Å². The Kier molecular flexibility index (Phi) is 7.74. The number of aliphatic hydroxyl groups excluding tert-OH is 1. The lowest BCUT2D eigenvalue weighted by Crippen LogP contribution is -2.29. The van der Waals surface area contributed by atoms with Gasteiger partial charge in [-0.25, -0.2) is 0 Å². The molecule has 37 heavy (non-hydrogen) atoms. The van der Waals surface area contributed by atoms with Crippen molar-refractivity contribution in [2.24, 2.45) is 0 Å². The summed E-state index contributed by atoms with van der Waals surface area (Å²) in [7, 11) is 1.49. The Morgan fingerprint density at radius 3 is 2.38 bits per heavy atom. The third-order valence-corrected chi connectivity index (χ3v) is 6.37. The van der Waals surface area contributed by atoms with E-state index in [4.69, 9.17) is 25.8 Å². The number of benzene rings is 3. The van der Waals surface area contributed by atoms with E-state index in [1.165, 1.54) is 18.1 Å². The number of methoxy groups -OCH3 is 1. The average molecular weight is 522 g/mol. The average Bonchev–Trinajstić information content (AvgIpc) is 3.15. The fourth-order valence-corrected chi connectivity index (χ4v) is 4.61. The molecule has 1 fully saturated rings. The first-order valence-corrected chi connectivity index (χ1v) is 12.3. The van der Waals surface area contributed by atoms with Gasteiger partial charge in [-0.3, -0.25) is 14.5 Å². The maximum absolute atomic E-state index is 13.5. The summed E-state index contributed by atoms with van der Waals surface area (Å²) in [4.78, 5) is 28.4. The topological polar surface area (TPSA) is 85.3 Å². The number of ether oxygens (including phenoxy) is 3. The molecule has 0 radical (unpaired) electrons. The van der Waals surface area contributed by atoms with Gasteiger partial charge in [0, 0.05) is 17.3 Å². The number of carbonyl (C=O) groups is 2. The Bertz CT molecular complexity index is 1380. The molecule has 0 bridgehead atoms. The van der Waals surface area contributed by atoms with Crippen LogP contribution in [0.3, 0.4) is 0 Å². The summed E-state index contributed by atoms with van der Waals surface area (Å²) in [6.45, 7) is 6.45. The second-order valence-electron chi connectivity index (χ2n) is 8.43. The number of rotatable bonds is 8. The van der Waals surface area contributed by atoms with E-state index in [1.54, 1.807) is 30.3 Å². The van der Waals surface area contributed by atoms with Crippen LogP contribution in [0.2, 0.25) is 5.02 Å². The smallest absolute Gasteiger partial charge is 0.300 e. The second-order valence-corrected chi connectivity index (χ2v) is 8.83. The fourth-order valence-electron chi connectivity index (χ4n) is 4.40. The van der Waals surface area contributed by atoms with Crippen LogP contribution >= 0.6 is 11.6 Å². The first kappa shape index (κ1) is 26.1. The summed E-state index contributed by atoms with van der Waals surface area (Å²) < 4.78 is 16.7. The number of halogens is 1. The molecule has 1 aliphatic heterocycles. The molecule has 1 N–H and O–H groups in total. The standard InChI is InChI=1S/C29H28ClNO6/c1-5-36-23-13-10-19(15-24(23)37-6-2)31-26(18-9-7-8-17(3)14-18)25(28(33)29(31)34)27(32)21-16-20(35-4)11-12-22(21)30/h7-16,26,32H,5-6H2,1-4H3/b27-25+. The van der Waals surface area contributed by atoms with Crippen LogP contribution in [-0.2, 0) is 9.59 Å². The molecule has 1 heterocycles. The van der Waals surface area contributed by atoms with Gasteiger partial charge in [-0.1, -0.05) is 41.4 Å². The van der Waals surface area contributed by atoms with Crippen LogP contribution in [0.5, 0.6) is 17.2 Å². The predicted molar refractivity (Wildman–Crippen MR) is 143 cm³/mol. The minimum absolute atomic E-state index is 0.0717. The number of aryl methyl sites for hydroxylation is 1. The van der Waals surface area contributed by atoms with Crippen molar-refractivity contribution in [3.8, 4) is 17.2 Å². The quantitative estimate of drug-likeness (QED) is 0.220. The predicted octanol–water partition coefficient (Wildman–Crippen LogP) is 6.08. The maximum atomic E-state index is 13.5. The van der Waals surface area contributed by atoms with Crippen molar-refractivity contribution in [3.05, 3.63) is 87.9 Å². The summed E-state index contributed by atoms with van der Waals surface area (Å²) in [6, 6.07) is 16.3. The number of amides is 1. The molecule has 1 amide bonds. The molecule has 0 aromatic heterocycles. The van der Waals surface area contributed by atoms with Crippen molar-refractivity contribution in [1.82, 2.24) is 0 Å². The molecule has 192 valence electrons. The largest absolute Gasteiger partial charge is 0.507 e. The van der Waals surface area contributed by atoms with Gasteiger partial charge in [0.05, 0.1) is 37.0 Å². The highest BCUT2D eigenvalue weighted by molar-refractivity contribution is 6.52. The molecule has 1 atom stereocenters. The molecular weight excluding hydrogens is 494 g/mol. The highest BCUT2D eigenvalue weighted by Crippen LogP contribution is 2.45. The van der Waals surface area contributed by atoms with E-state index in [2.05, 4.69) is 0 Å². The van der Waals surface area contributed by atoms with Crippen LogP contribution < -0.4 is 19.1 Å². The van der Waals surface area contributed by atoms with Crippen LogP contribution in [0.1, 0.15) is 36.6 Å². The normalized spacial score (nSPS) is 16.7. The van der Waals surface area contributed by atoms with Gasteiger partial charge in [0.1, 0.15) is 11.5 Å². The van der Waals surface area contributed by atoms with Crippen molar-refractivity contribution < 1.29 is 28.9 Å². The van der Waals surface area contributed by atoms with Gasteiger partial charge >= 0.3 is 0 Å². The van der Waals surface area contributed by atoms with E-state index in [9.17, 15) is 14.7 Å². The molecule has 3 aromatic rings. The zero-order chi connectivity index (χ0) is 26.7. The van der Waals surface area contributed by atoms with Crippen LogP contribution in [-0.4, -0.2) is 37.1 Å². The number of carbonyl (C=O) groups excluding carboxylic acids is 2. The molecule has 8 heteroatoms. The Labute approximate surface area is 220 Å². The summed E-state index contributed by atoms with van der Waals surface area (Å²) >= 11 is 6.40. The van der Waals surface area contributed by atoms with E-state index in [0.717, 1.165) is 5.56 Å². The first-order valence-electron chi connectivity index (χ1n) is 11.9. The Hall–Kier alpha value is -3.97. The molecule has 7 nitrogen and oxygen atoms in total. The van der Waals surface area contributed by atoms with E-state index in [-0.39, 0.29) is 21.9 Å². The van der Waals surface area contributed by atoms with Gasteiger partial charge in [0.15, 0.2) is 11.5 Å². The van der Waals surface area contributed by atoms with Crippen LogP contribution in [0.4, 0.5) is 5.69 Å². The summed E-state index contributed by atoms with van der Waals surface area (Å²) in [5.74, 6) is -0.566. The van der Waals surface area contributed by atoms with Crippen molar-refractivity contribution >= 4 is 34.7 Å². The van der Waals surface area contributed by atoms with E-state index >= 15 is 0 Å². The number of aliphatic hydroxyl groups is 1. The number of Topliss-reactive ketones (excluding diaryl/α,β-unsaturated/α-hetero) is 1. The SMILES string of the molecule is CCOc1ccc(N2C(=O)C(=O)/C(=C(/O)c3cc(OC)ccc3Cl)C2c2cccc(C)c2)cc1OCC. The van der Waals surface area contributed by atoms with Crippen LogP contribution in [0, 0.1) is 6.92 Å². The third kappa shape index (κ3) is 5.00. The van der Waals surface area contributed by atoms with Crippen LogP contribution in [0.15, 0.2) is 66.2 Å². The van der Waals surface area contributed by atoms with E-state index in [0.29, 0.717) is 41.7 Å². The number of hydrogen-bond donors (Lipinski definition) is 1. The van der Waals surface area contributed by atoms with Gasteiger partial charge in [-0.15, -0.1) is 0 Å². The monoisotopic (exact) mass is 521 g/mol. The zero-order valence-corrected chi connectivity index (χ0v) is 21.8. The minimum atomic E-state index is -0.908. The van der Waals surface area contributed by atoms with Gasteiger partial charge in [-0.05, 0) is 56.7 Å². The summed E-state index contributed by atoms with van der Waals surface area (Å²) in [6.07, 6.45) is 0. The minimum Gasteiger partial charge on any atom is -0.507 e.